The molecular weight excluding hydrogens is 466 g/mol. The first-order valence-electron chi connectivity index (χ1n) is 10.9. The summed E-state index contributed by atoms with van der Waals surface area (Å²) in [6.07, 6.45) is 3.26. The Labute approximate surface area is 209 Å². The molecule has 0 aliphatic rings. The van der Waals surface area contributed by atoms with E-state index in [-0.39, 0.29) is 5.91 Å². The number of furan rings is 1. The second-order valence-electron chi connectivity index (χ2n) is 8.00. The van der Waals surface area contributed by atoms with E-state index in [1.807, 2.05) is 44.2 Å². The SMILES string of the molecule is COc1ccc(NC(=O)/C=C(\C)c2cc3c(-c4ccc(Cl)cc4)coc3c(C)c2OC)c(OC)c1. The van der Waals surface area contributed by atoms with Gasteiger partial charge < -0.3 is 23.9 Å². The molecule has 0 atom stereocenters. The molecule has 0 fully saturated rings. The van der Waals surface area contributed by atoms with Gasteiger partial charge in [0.2, 0.25) is 5.91 Å². The van der Waals surface area contributed by atoms with Gasteiger partial charge in [-0.2, -0.15) is 0 Å². The summed E-state index contributed by atoms with van der Waals surface area (Å²) in [5.74, 6) is 1.50. The minimum atomic E-state index is -0.295. The number of hydrogen-bond acceptors (Lipinski definition) is 5. The van der Waals surface area contributed by atoms with Crippen LogP contribution >= 0.6 is 11.6 Å². The van der Waals surface area contributed by atoms with Gasteiger partial charge in [-0.15, -0.1) is 0 Å². The fourth-order valence-electron chi connectivity index (χ4n) is 4.07. The molecule has 0 saturated heterocycles. The number of ether oxygens (including phenoxy) is 3. The van der Waals surface area contributed by atoms with Crippen LogP contribution in [-0.2, 0) is 4.79 Å². The van der Waals surface area contributed by atoms with Gasteiger partial charge >= 0.3 is 0 Å². The van der Waals surface area contributed by atoms with E-state index in [0.717, 1.165) is 38.8 Å². The predicted molar refractivity (Wildman–Crippen MR) is 140 cm³/mol. The molecule has 0 bridgehead atoms. The third-order valence-corrected chi connectivity index (χ3v) is 6.09. The highest BCUT2D eigenvalue weighted by Gasteiger charge is 2.19. The van der Waals surface area contributed by atoms with E-state index >= 15 is 0 Å². The van der Waals surface area contributed by atoms with E-state index < -0.39 is 0 Å². The molecule has 0 radical (unpaired) electrons. The summed E-state index contributed by atoms with van der Waals surface area (Å²) in [7, 11) is 4.72. The first-order valence-corrected chi connectivity index (χ1v) is 11.3. The summed E-state index contributed by atoms with van der Waals surface area (Å²) in [5, 5.41) is 4.46. The van der Waals surface area contributed by atoms with Crippen molar-refractivity contribution in [2.24, 2.45) is 0 Å². The van der Waals surface area contributed by atoms with Crippen LogP contribution in [0.15, 0.2) is 65.3 Å². The Morgan fingerprint density at radius 3 is 2.40 bits per heavy atom. The minimum absolute atomic E-state index is 0.295. The molecule has 0 saturated carbocycles. The van der Waals surface area contributed by atoms with E-state index in [9.17, 15) is 4.79 Å². The Bertz CT molecular complexity index is 1420. The van der Waals surface area contributed by atoms with Gasteiger partial charge in [0.05, 0.1) is 33.3 Å². The molecule has 4 rings (SSSR count). The van der Waals surface area contributed by atoms with Crippen molar-refractivity contribution in [3.8, 4) is 28.4 Å². The maximum atomic E-state index is 12.9. The lowest BCUT2D eigenvalue weighted by molar-refractivity contribution is -0.111. The van der Waals surface area contributed by atoms with E-state index in [1.165, 1.54) is 13.2 Å². The molecule has 1 N–H and O–H groups in total. The Morgan fingerprint density at radius 1 is 1.00 bits per heavy atom. The molecule has 0 aliphatic carbocycles. The molecule has 6 nitrogen and oxygen atoms in total. The lowest BCUT2D eigenvalue weighted by atomic mass is 9.96. The summed E-state index contributed by atoms with van der Waals surface area (Å²) in [6.45, 7) is 3.81. The number of rotatable bonds is 7. The largest absolute Gasteiger partial charge is 0.497 e. The lowest BCUT2D eigenvalue weighted by Crippen LogP contribution is -2.10. The minimum Gasteiger partial charge on any atom is -0.497 e. The summed E-state index contributed by atoms with van der Waals surface area (Å²) in [6, 6.07) is 14.8. The molecule has 0 aliphatic heterocycles. The van der Waals surface area contributed by atoms with Gasteiger partial charge in [-0.1, -0.05) is 23.7 Å². The van der Waals surface area contributed by atoms with Gasteiger partial charge in [-0.05, 0) is 55.3 Å². The van der Waals surface area contributed by atoms with Gasteiger partial charge in [0.1, 0.15) is 22.8 Å². The Hall–Kier alpha value is -3.90. The molecular formula is C28H26ClNO5. The predicted octanol–water partition coefficient (Wildman–Crippen LogP) is 7.13. The zero-order valence-corrected chi connectivity index (χ0v) is 20.9. The number of carbonyl (C=O) groups is 1. The highest BCUT2D eigenvalue weighted by molar-refractivity contribution is 6.30. The van der Waals surface area contributed by atoms with Crippen LogP contribution in [-0.4, -0.2) is 27.2 Å². The number of halogens is 1. The Morgan fingerprint density at radius 2 is 1.74 bits per heavy atom. The zero-order valence-electron chi connectivity index (χ0n) is 20.2. The second-order valence-corrected chi connectivity index (χ2v) is 8.43. The van der Waals surface area contributed by atoms with Gasteiger partial charge in [0.25, 0.3) is 0 Å². The summed E-state index contributed by atoms with van der Waals surface area (Å²) in [4.78, 5) is 12.9. The molecule has 0 spiro atoms. The molecule has 1 aromatic heterocycles. The van der Waals surface area contributed by atoms with Crippen molar-refractivity contribution < 1.29 is 23.4 Å². The van der Waals surface area contributed by atoms with Crippen molar-refractivity contribution in [1.82, 2.24) is 0 Å². The van der Waals surface area contributed by atoms with Crippen LogP contribution < -0.4 is 19.5 Å². The number of fused-ring (bicyclic) bond motifs is 1. The van der Waals surface area contributed by atoms with Crippen molar-refractivity contribution in [2.75, 3.05) is 26.6 Å². The number of aryl methyl sites for hydroxylation is 1. The van der Waals surface area contributed by atoms with Crippen LogP contribution in [0, 0.1) is 6.92 Å². The Kier molecular flexibility index (Phi) is 7.03. The smallest absolute Gasteiger partial charge is 0.248 e. The van der Waals surface area contributed by atoms with Crippen LogP contribution in [0.1, 0.15) is 18.1 Å². The van der Waals surface area contributed by atoms with Crippen LogP contribution in [0.3, 0.4) is 0 Å². The number of amides is 1. The van der Waals surface area contributed by atoms with Crippen LogP contribution in [0.25, 0.3) is 27.7 Å². The van der Waals surface area contributed by atoms with Crippen molar-refractivity contribution in [2.45, 2.75) is 13.8 Å². The molecule has 3 aromatic carbocycles. The van der Waals surface area contributed by atoms with Crippen molar-refractivity contribution in [3.63, 3.8) is 0 Å². The quantitative estimate of drug-likeness (QED) is 0.278. The lowest BCUT2D eigenvalue weighted by Gasteiger charge is -2.14. The van der Waals surface area contributed by atoms with Crippen LogP contribution in [0.2, 0.25) is 5.02 Å². The number of hydrogen-bond donors (Lipinski definition) is 1. The van der Waals surface area contributed by atoms with E-state index in [1.54, 1.807) is 38.7 Å². The van der Waals surface area contributed by atoms with E-state index in [2.05, 4.69) is 5.32 Å². The number of benzene rings is 3. The number of nitrogens with one attached hydrogen (secondary N) is 1. The van der Waals surface area contributed by atoms with E-state index in [4.69, 9.17) is 30.2 Å². The van der Waals surface area contributed by atoms with Crippen LogP contribution in [0.5, 0.6) is 17.2 Å². The van der Waals surface area contributed by atoms with Crippen LogP contribution in [0.4, 0.5) is 5.69 Å². The maximum Gasteiger partial charge on any atom is 0.248 e. The molecule has 7 heteroatoms. The number of methoxy groups -OCH3 is 3. The third kappa shape index (κ3) is 4.84. The number of allylic oxidation sites excluding steroid dienone is 1. The molecule has 35 heavy (non-hydrogen) atoms. The average Bonchev–Trinajstić information content (AvgIpc) is 3.29. The fraction of sp³-hybridized carbons (Fsp3) is 0.179. The monoisotopic (exact) mass is 491 g/mol. The topological polar surface area (TPSA) is 69.9 Å². The molecule has 4 aromatic rings. The number of carbonyl (C=O) groups excluding carboxylic acids is 1. The van der Waals surface area contributed by atoms with Gasteiger partial charge in [-0.25, -0.2) is 0 Å². The van der Waals surface area contributed by atoms with Crippen molar-refractivity contribution in [1.29, 1.82) is 0 Å². The van der Waals surface area contributed by atoms with Gasteiger partial charge in [0, 0.05) is 39.2 Å². The van der Waals surface area contributed by atoms with Crippen molar-refractivity contribution in [3.05, 3.63) is 77.0 Å². The Balaban J connectivity index is 1.73. The normalized spacial score (nSPS) is 11.4. The van der Waals surface area contributed by atoms with E-state index in [0.29, 0.717) is 28.0 Å². The average molecular weight is 492 g/mol. The third-order valence-electron chi connectivity index (χ3n) is 5.84. The first kappa shape index (κ1) is 24.2. The zero-order chi connectivity index (χ0) is 25.1. The molecule has 1 amide bonds. The first-order chi connectivity index (χ1) is 16.9. The summed E-state index contributed by atoms with van der Waals surface area (Å²) >= 11 is 6.06. The standard InChI is InChI=1S/C28H26ClNO5/c1-16(12-26(31)30-24-11-10-20(32-3)13-25(24)33-4)21-14-22-23(18-6-8-19(29)9-7-18)15-35-28(22)17(2)27(21)34-5/h6-15H,1-5H3,(H,30,31)/b16-12+. The number of anilines is 1. The molecule has 180 valence electrons. The summed E-state index contributed by atoms with van der Waals surface area (Å²) < 4.78 is 22.2. The van der Waals surface area contributed by atoms with Crippen molar-refractivity contribution >= 4 is 39.7 Å². The molecule has 1 heterocycles. The molecule has 0 unspecified atom stereocenters. The van der Waals surface area contributed by atoms with Gasteiger partial charge in [-0.3, -0.25) is 4.79 Å². The summed E-state index contributed by atoms with van der Waals surface area (Å²) in [5.41, 5.74) is 5.58. The fourth-order valence-corrected chi connectivity index (χ4v) is 4.20. The highest BCUT2D eigenvalue weighted by Crippen LogP contribution is 2.41. The van der Waals surface area contributed by atoms with Gasteiger partial charge in [0.15, 0.2) is 0 Å². The highest BCUT2D eigenvalue weighted by atomic mass is 35.5. The maximum absolute atomic E-state index is 12.9. The second kappa shape index (κ2) is 10.2.